The largest absolute Gasteiger partial charge is 0.483 e. The third-order valence-electron chi connectivity index (χ3n) is 2.96. The summed E-state index contributed by atoms with van der Waals surface area (Å²) in [6, 6.07) is 15.3. The van der Waals surface area contributed by atoms with Gasteiger partial charge in [-0.25, -0.2) is 0 Å². The zero-order valence-electron chi connectivity index (χ0n) is 11.5. The predicted octanol–water partition coefficient (Wildman–Crippen LogP) is 3.80. The summed E-state index contributed by atoms with van der Waals surface area (Å²) in [5.74, 6) is 0.578. The number of carbonyl (C=O) groups excluding carboxylic acids is 1. The Hall–Kier alpha value is -1.81. The van der Waals surface area contributed by atoms with E-state index in [1.54, 1.807) is 11.9 Å². The molecule has 0 saturated carbocycles. The second kappa shape index (κ2) is 6.57. The minimum Gasteiger partial charge on any atom is -0.483 e. The number of benzene rings is 2. The van der Waals surface area contributed by atoms with E-state index in [1.807, 2.05) is 55.5 Å². The number of para-hydroxylation sites is 1. The average molecular weight is 334 g/mol. The smallest absolute Gasteiger partial charge is 0.264 e. The van der Waals surface area contributed by atoms with Crippen LogP contribution >= 0.6 is 15.9 Å². The van der Waals surface area contributed by atoms with Crippen LogP contribution in [0.25, 0.3) is 0 Å². The molecule has 0 aliphatic carbocycles. The molecule has 20 heavy (non-hydrogen) atoms. The van der Waals surface area contributed by atoms with Crippen molar-refractivity contribution in [1.82, 2.24) is 0 Å². The van der Waals surface area contributed by atoms with Crippen LogP contribution < -0.4 is 9.64 Å². The minimum absolute atomic E-state index is 0.00700. The van der Waals surface area contributed by atoms with Gasteiger partial charge in [0.15, 0.2) is 6.61 Å². The van der Waals surface area contributed by atoms with Gasteiger partial charge in [-0.2, -0.15) is 0 Å². The van der Waals surface area contributed by atoms with Crippen LogP contribution in [-0.4, -0.2) is 19.6 Å². The minimum atomic E-state index is -0.0938. The molecular formula is C16H16BrNO2. The SMILES string of the molecule is Cc1ccc(OCC(=O)N(C)c2ccccc2)c(Br)c1. The molecule has 104 valence electrons. The van der Waals surface area contributed by atoms with E-state index in [4.69, 9.17) is 4.74 Å². The summed E-state index contributed by atoms with van der Waals surface area (Å²) in [5, 5.41) is 0. The zero-order chi connectivity index (χ0) is 14.5. The van der Waals surface area contributed by atoms with Gasteiger partial charge in [0.25, 0.3) is 5.91 Å². The monoisotopic (exact) mass is 333 g/mol. The fraction of sp³-hybridized carbons (Fsp3) is 0.188. The molecule has 0 spiro atoms. The molecule has 0 radical (unpaired) electrons. The lowest BCUT2D eigenvalue weighted by molar-refractivity contribution is -0.120. The molecule has 2 aromatic rings. The number of carbonyl (C=O) groups is 1. The van der Waals surface area contributed by atoms with Crippen LogP contribution in [-0.2, 0) is 4.79 Å². The average Bonchev–Trinajstić information content (AvgIpc) is 2.46. The standard InChI is InChI=1S/C16H16BrNO2/c1-12-8-9-15(14(17)10-12)20-11-16(19)18(2)13-6-4-3-5-7-13/h3-10H,11H2,1-2H3. The number of hydrogen-bond acceptors (Lipinski definition) is 2. The number of amides is 1. The van der Waals surface area contributed by atoms with Crippen LogP contribution in [0.2, 0.25) is 0 Å². The molecule has 0 N–H and O–H groups in total. The number of anilines is 1. The van der Waals surface area contributed by atoms with Crippen molar-refractivity contribution in [2.75, 3.05) is 18.6 Å². The fourth-order valence-electron chi connectivity index (χ4n) is 1.75. The van der Waals surface area contributed by atoms with Gasteiger partial charge in [-0.3, -0.25) is 4.79 Å². The Morgan fingerprint density at radius 1 is 1.20 bits per heavy atom. The van der Waals surface area contributed by atoms with Gasteiger partial charge in [0, 0.05) is 12.7 Å². The van der Waals surface area contributed by atoms with E-state index >= 15 is 0 Å². The maximum atomic E-state index is 12.1. The third kappa shape index (κ3) is 3.61. The summed E-state index contributed by atoms with van der Waals surface area (Å²) in [4.78, 5) is 13.7. The number of rotatable bonds is 4. The van der Waals surface area contributed by atoms with Gasteiger partial charge in [-0.05, 0) is 52.7 Å². The van der Waals surface area contributed by atoms with Crippen molar-refractivity contribution in [2.24, 2.45) is 0 Å². The number of aryl methyl sites for hydroxylation is 1. The molecule has 4 heteroatoms. The van der Waals surface area contributed by atoms with E-state index in [-0.39, 0.29) is 12.5 Å². The maximum Gasteiger partial charge on any atom is 0.264 e. The number of halogens is 1. The quantitative estimate of drug-likeness (QED) is 0.851. The summed E-state index contributed by atoms with van der Waals surface area (Å²) >= 11 is 3.43. The van der Waals surface area contributed by atoms with Gasteiger partial charge in [0.1, 0.15) is 5.75 Å². The van der Waals surface area contributed by atoms with E-state index in [9.17, 15) is 4.79 Å². The molecule has 0 unspecified atom stereocenters. The fourth-order valence-corrected chi connectivity index (χ4v) is 2.36. The van der Waals surface area contributed by atoms with Crippen LogP contribution in [0.4, 0.5) is 5.69 Å². The number of ether oxygens (including phenoxy) is 1. The Morgan fingerprint density at radius 3 is 2.55 bits per heavy atom. The number of nitrogens with zero attached hydrogens (tertiary/aromatic N) is 1. The Bertz CT molecular complexity index is 599. The van der Waals surface area contributed by atoms with Crippen molar-refractivity contribution in [3.05, 3.63) is 58.6 Å². The van der Waals surface area contributed by atoms with E-state index in [1.165, 1.54) is 0 Å². The highest BCUT2D eigenvalue weighted by atomic mass is 79.9. The zero-order valence-corrected chi connectivity index (χ0v) is 13.1. The van der Waals surface area contributed by atoms with Crippen molar-refractivity contribution in [1.29, 1.82) is 0 Å². The molecule has 0 aliphatic rings. The molecule has 0 aromatic heterocycles. The van der Waals surface area contributed by atoms with E-state index in [0.29, 0.717) is 5.75 Å². The van der Waals surface area contributed by atoms with Crippen LogP contribution in [0.15, 0.2) is 53.0 Å². The van der Waals surface area contributed by atoms with Gasteiger partial charge < -0.3 is 9.64 Å². The first kappa shape index (κ1) is 14.6. The molecular weight excluding hydrogens is 318 g/mol. The maximum absolute atomic E-state index is 12.1. The summed E-state index contributed by atoms with van der Waals surface area (Å²) in [5.41, 5.74) is 1.99. The highest BCUT2D eigenvalue weighted by Gasteiger charge is 2.12. The number of hydrogen-bond donors (Lipinski definition) is 0. The third-order valence-corrected chi connectivity index (χ3v) is 3.58. The first-order valence-corrected chi connectivity index (χ1v) is 7.08. The van der Waals surface area contributed by atoms with E-state index in [0.717, 1.165) is 15.7 Å². The van der Waals surface area contributed by atoms with Crippen LogP contribution in [0.1, 0.15) is 5.56 Å². The Morgan fingerprint density at radius 2 is 1.90 bits per heavy atom. The molecule has 0 bridgehead atoms. The van der Waals surface area contributed by atoms with Crippen molar-refractivity contribution in [3.8, 4) is 5.75 Å². The van der Waals surface area contributed by atoms with E-state index < -0.39 is 0 Å². The summed E-state index contributed by atoms with van der Waals surface area (Å²) in [6.07, 6.45) is 0. The molecule has 0 fully saturated rings. The highest BCUT2D eigenvalue weighted by molar-refractivity contribution is 9.10. The lowest BCUT2D eigenvalue weighted by atomic mass is 10.2. The molecule has 0 aliphatic heterocycles. The van der Waals surface area contributed by atoms with Gasteiger partial charge in [-0.15, -0.1) is 0 Å². The highest BCUT2D eigenvalue weighted by Crippen LogP contribution is 2.25. The summed E-state index contributed by atoms with van der Waals surface area (Å²) < 4.78 is 6.41. The lowest BCUT2D eigenvalue weighted by Crippen LogP contribution is -2.31. The van der Waals surface area contributed by atoms with Crippen LogP contribution in [0.5, 0.6) is 5.75 Å². The van der Waals surface area contributed by atoms with Crippen LogP contribution in [0, 0.1) is 6.92 Å². The van der Waals surface area contributed by atoms with Gasteiger partial charge >= 0.3 is 0 Å². The van der Waals surface area contributed by atoms with Gasteiger partial charge in [0.05, 0.1) is 4.47 Å². The van der Waals surface area contributed by atoms with E-state index in [2.05, 4.69) is 15.9 Å². The second-order valence-corrected chi connectivity index (χ2v) is 5.37. The first-order valence-electron chi connectivity index (χ1n) is 6.28. The molecule has 0 heterocycles. The van der Waals surface area contributed by atoms with Crippen LogP contribution in [0.3, 0.4) is 0 Å². The summed E-state index contributed by atoms with van der Waals surface area (Å²) in [6.45, 7) is 2.01. The Kier molecular flexibility index (Phi) is 4.79. The van der Waals surface area contributed by atoms with Crippen molar-refractivity contribution in [2.45, 2.75) is 6.92 Å². The van der Waals surface area contributed by atoms with Crippen molar-refractivity contribution < 1.29 is 9.53 Å². The molecule has 1 amide bonds. The van der Waals surface area contributed by atoms with Gasteiger partial charge in [0.2, 0.25) is 0 Å². The molecule has 2 rings (SSSR count). The van der Waals surface area contributed by atoms with Gasteiger partial charge in [-0.1, -0.05) is 24.3 Å². The first-order chi connectivity index (χ1) is 9.58. The molecule has 0 atom stereocenters. The second-order valence-electron chi connectivity index (χ2n) is 4.51. The molecule has 3 nitrogen and oxygen atoms in total. The predicted molar refractivity (Wildman–Crippen MR) is 84.2 cm³/mol. The number of likely N-dealkylation sites (N-methyl/N-ethyl adjacent to an activating group) is 1. The summed E-state index contributed by atoms with van der Waals surface area (Å²) in [7, 11) is 1.74. The molecule has 2 aromatic carbocycles. The molecule has 0 saturated heterocycles. The van der Waals surface area contributed by atoms with Crippen molar-refractivity contribution in [3.63, 3.8) is 0 Å². The normalized spacial score (nSPS) is 10.2. The topological polar surface area (TPSA) is 29.5 Å². The Balaban J connectivity index is 1.98. The Labute approximate surface area is 127 Å². The lowest BCUT2D eigenvalue weighted by Gasteiger charge is -2.17. The van der Waals surface area contributed by atoms with Crippen molar-refractivity contribution >= 4 is 27.5 Å².